The summed E-state index contributed by atoms with van der Waals surface area (Å²) >= 11 is 3.41. The molecule has 150 valence electrons. The lowest BCUT2D eigenvalue weighted by Gasteiger charge is -2.14. The Morgan fingerprint density at radius 2 is 1.75 bits per heavy atom. The fraction of sp³-hybridized carbons (Fsp3) is 0.364. The number of hydrogen-bond acceptors (Lipinski definition) is 3. The van der Waals surface area contributed by atoms with Gasteiger partial charge in [-0.05, 0) is 43.7 Å². The van der Waals surface area contributed by atoms with Crippen LogP contribution in [0.5, 0.6) is 5.75 Å². The molecule has 0 bridgehead atoms. The summed E-state index contributed by atoms with van der Waals surface area (Å²) in [5.41, 5.74) is 1.32. The zero-order valence-corrected chi connectivity index (χ0v) is 18.0. The van der Waals surface area contributed by atoms with Crippen LogP contribution >= 0.6 is 15.9 Å². The van der Waals surface area contributed by atoms with Crippen molar-refractivity contribution in [3.8, 4) is 5.75 Å². The maximum absolute atomic E-state index is 12.9. The van der Waals surface area contributed by atoms with Crippen LogP contribution in [-0.2, 0) is 0 Å². The molecule has 0 spiro atoms. The molecule has 2 aromatic carbocycles. The summed E-state index contributed by atoms with van der Waals surface area (Å²) in [4.78, 5) is 25.1. The number of amides is 2. The molecule has 0 aliphatic carbocycles. The lowest BCUT2D eigenvalue weighted by Crippen LogP contribution is -2.25. The van der Waals surface area contributed by atoms with Gasteiger partial charge in [0.15, 0.2) is 0 Å². The van der Waals surface area contributed by atoms with E-state index in [1.54, 1.807) is 36.4 Å². The maximum atomic E-state index is 12.9. The average molecular weight is 447 g/mol. The van der Waals surface area contributed by atoms with Crippen LogP contribution in [0.2, 0.25) is 0 Å². The van der Waals surface area contributed by atoms with Gasteiger partial charge < -0.3 is 15.4 Å². The van der Waals surface area contributed by atoms with Gasteiger partial charge in [0.2, 0.25) is 0 Å². The molecule has 0 aliphatic rings. The second-order valence-electron chi connectivity index (χ2n) is 6.41. The maximum Gasteiger partial charge on any atom is 0.259 e. The number of unbranched alkanes of at least 4 members (excludes halogenated alkanes) is 3. The number of para-hydroxylation sites is 1. The summed E-state index contributed by atoms with van der Waals surface area (Å²) in [7, 11) is 0. The van der Waals surface area contributed by atoms with E-state index < -0.39 is 0 Å². The van der Waals surface area contributed by atoms with Crippen molar-refractivity contribution < 1.29 is 14.3 Å². The van der Waals surface area contributed by atoms with E-state index in [0.717, 1.165) is 23.7 Å². The predicted octanol–water partition coefficient (Wildman–Crippen LogP) is 5.41. The molecule has 2 rings (SSSR count). The van der Waals surface area contributed by atoms with Gasteiger partial charge in [-0.25, -0.2) is 0 Å². The highest BCUT2D eigenvalue weighted by Gasteiger charge is 2.17. The fourth-order valence-corrected chi connectivity index (χ4v) is 3.11. The molecule has 2 amide bonds. The molecule has 0 aliphatic heterocycles. The summed E-state index contributed by atoms with van der Waals surface area (Å²) in [6, 6.07) is 12.3. The van der Waals surface area contributed by atoms with Crippen LogP contribution in [-0.4, -0.2) is 25.0 Å². The Hall–Kier alpha value is -2.34. The molecule has 0 fully saturated rings. The predicted molar refractivity (Wildman–Crippen MR) is 116 cm³/mol. The number of carbonyl (C=O) groups is 2. The Kier molecular flexibility index (Phi) is 9.01. The van der Waals surface area contributed by atoms with Gasteiger partial charge in [-0.3, -0.25) is 9.59 Å². The van der Waals surface area contributed by atoms with Gasteiger partial charge in [0.05, 0.1) is 23.4 Å². The van der Waals surface area contributed by atoms with E-state index in [1.165, 1.54) is 6.42 Å². The number of ether oxygens (including phenoxy) is 1. The number of halogens is 1. The van der Waals surface area contributed by atoms with Gasteiger partial charge >= 0.3 is 0 Å². The first-order chi connectivity index (χ1) is 13.6. The van der Waals surface area contributed by atoms with Crippen LogP contribution < -0.4 is 15.4 Å². The molecule has 2 N–H and O–H groups in total. The first kappa shape index (κ1) is 22.0. The fourth-order valence-electron chi connectivity index (χ4n) is 2.75. The molecule has 0 aromatic heterocycles. The topological polar surface area (TPSA) is 67.4 Å². The number of rotatable bonds is 10. The third kappa shape index (κ3) is 6.37. The highest BCUT2D eigenvalue weighted by atomic mass is 79.9. The Morgan fingerprint density at radius 1 is 0.964 bits per heavy atom. The molecule has 0 unspecified atom stereocenters. The number of benzene rings is 2. The lowest BCUT2D eigenvalue weighted by molar-refractivity contribution is 0.0956. The zero-order valence-electron chi connectivity index (χ0n) is 16.4. The van der Waals surface area contributed by atoms with Crippen molar-refractivity contribution in [3.05, 3.63) is 58.1 Å². The van der Waals surface area contributed by atoms with Crippen molar-refractivity contribution in [1.82, 2.24) is 5.32 Å². The van der Waals surface area contributed by atoms with E-state index in [0.29, 0.717) is 35.7 Å². The molecule has 5 nitrogen and oxygen atoms in total. The van der Waals surface area contributed by atoms with E-state index in [9.17, 15) is 9.59 Å². The van der Waals surface area contributed by atoms with Crippen LogP contribution in [0.1, 0.15) is 60.2 Å². The lowest BCUT2D eigenvalue weighted by atomic mass is 10.1. The first-order valence-corrected chi connectivity index (χ1v) is 10.5. The van der Waals surface area contributed by atoms with Gasteiger partial charge in [-0.2, -0.15) is 0 Å². The second kappa shape index (κ2) is 11.5. The summed E-state index contributed by atoms with van der Waals surface area (Å²) < 4.78 is 6.64. The van der Waals surface area contributed by atoms with Crippen molar-refractivity contribution in [2.45, 2.75) is 39.5 Å². The minimum absolute atomic E-state index is 0.222. The van der Waals surface area contributed by atoms with Crippen LogP contribution in [0, 0.1) is 0 Å². The van der Waals surface area contributed by atoms with E-state index in [4.69, 9.17) is 4.74 Å². The standard InChI is InChI=1S/C22H27BrN2O3/c1-3-5-6-9-14-28-20-13-12-16(23)15-18(20)22(27)25-19-11-8-7-10-17(19)21(26)24-4-2/h7-8,10-13,15H,3-6,9,14H2,1-2H3,(H,24,26)(H,25,27). The monoisotopic (exact) mass is 446 g/mol. The minimum Gasteiger partial charge on any atom is -0.493 e. The third-order valence-corrected chi connectivity index (χ3v) is 4.69. The van der Waals surface area contributed by atoms with Gasteiger partial charge in [0.25, 0.3) is 11.8 Å². The number of carbonyl (C=O) groups excluding carboxylic acids is 2. The van der Waals surface area contributed by atoms with E-state index in [-0.39, 0.29) is 11.8 Å². The molecule has 0 radical (unpaired) electrons. The molecule has 0 saturated heterocycles. The van der Waals surface area contributed by atoms with E-state index >= 15 is 0 Å². The SMILES string of the molecule is CCCCCCOc1ccc(Br)cc1C(=O)Nc1ccccc1C(=O)NCC. The van der Waals surface area contributed by atoms with Gasteiger partial charge in [-0.15, -0.1) is 0 Å². The molecule has 0 saturated carbocycles. The van der Waals surface area contributed by atoms with Crippen molar-refractivity contribution in [2.75, 3.05) is 18.5 Å². The summed E-state index contributed by atoms with van der Waals surface area (Å²) in [6.07, 6.45) is 4.39. The molecule has 6 heteroatoms. The van der Waals surface area contributed by atoms with Gasteiger partial charge in [0, 0.05) is 11.0 Å². The zero-order chi connectivity index (χ0) is 20.4. The summed E-state index contributed by atoms with van der Waals surface area (Å²) in [6.45, 7) is 5.10. The smallest absolute Gasteiger partial charge is 0.259 e. The number of anilines is 1. The van der Waals surface area contributed by atoms with Crippen LogP contribution in [0.4, 0.5) is 5.69 Å². The minimum atomic E-state index is -0.318. The third-order valence-electron chi connectivity index (χ3n) is 4.20. The van der Waals surface area contributed by atoms with E-state index in [1.807, 2.05) is 13.0 Å². The Bertz CT molecular complexity index is 808. The van der Waals surface area contributed by atoms with E-state index in [2.05, 4.69) is 33.5 Å². The molecule has 0 heterocycles. The Morgan fingerprint density at radius 3 is 2.50 bits per heavy atom. The van der Waals surface area contributed by atoms with Gasteiger partial charge in [0.1, 0.15) is 5.75 Å². The van der Waals surface area contributed by atoms with Gasteiger partial charge in [-0.1, -0.05) is 54.2 Å². The van der Waals surface area contributed by atoms with Crippen molar-refractivity contribution in [1.29, 1.82) is 0 Å². The molecule has 0 atom stereocenters. The van der Waals surface area contributed by atoms with Crippen LogP contribution in [0.25, 0.3) is 0 Å². The largest absolute Gasteiger partial charge is 0.493 e. The van der Waals surface area contributed by atoms with Crippen LogP contribution in [0.15, 0.2) is 46.9 Å². The summed E-state index contributed by atoms with van der Waals surface area (Å²) in [5.74, 6) is -0.00524. The normalized spacial score (nSPS) is 10.4. The highest BCUT2D eigenvalue weighted by molar-refractivity contribution is 9.10. The molecule has 28 heavy (non-hydrogen) atoms. The molecular formula is C22H27BrN2O3. The quantitative estimate of drug-likeness (QED) is 0.479. The van der Waals surface area contributed by atoms with Crippen LogP contribution in [0.3, 0.4) is 0 Å². The van der Waals surface area contributed by atoms with Crippen molar-refractivity contribution in [2.24, 2.45) is 0 Å². The van der Waals surface area contributed by atoms with Crippen molar-refractivity contribution in [3.63, 3.8) is 0 Å². The molecule has 2 aromatic rings. The number of hydrogen-bond donors (Lipinski definition) is 2. The van der Waals surface area contributed by atoms with Crippen molar-refractivity contribution >= 4 is 33.4 Å². The average Bonchev–Trinajstić information content (AvgIpc) is 2.69. The number of nitrogens with one attached hydrogen (secondary N) is 2. The molecular weight excluding hydrogens is 420 g/mol. The first-order valence-electron chi connectivity index (χ1n) is 9.67. The highest BCUT2D eigenvalue weighted by Crippen LogP contribution is 2.25. The Balaban J connectivity index is 2.16. The second-order valence-corrected chi connectivity index (χ2v) is 7.32. The Labute approximate surface area is 175 Å². The summed E-state index contributed by atoms with van der Waals surface area (Å²) in [5, 5.41) is 5.60.